The summed E-state index contributed by atoms with van der Waals surface area (Å²) in [5.41, 5.74) is 0.980. The Morgan fingerprint density at radius 3 is 2.75 bits per heavy atom. The molecule has 2 heterocycles. The van der Waals surface area contributed by atoms with Crippen molar-refractivity contribution in [1.29, 1.82) is 0 Å². The summed E-state index contributed by atoms with van der Waals surface area (Å²) >= 11 is 0. The number of ether oxygens (including phenoxy) is 1. The maximum atomic E-state index is 12.0. The van der Waals surface area contributed by atoms with Gasteiger partial charge in [-0.25, -0.2) is 0 Å². The van der Waals surface area contributed by atoms with Gasteiger partial charge in [-0.15, -0.1) is 0 Å². The summed E-state index contributed by atoms with van der Waals surface area (Å²) in [5.74, 6) is -0.167. The number of rotatable bonds is 3. The molecule has 1 aromatic carbocycles. The largest absolute Gasteiger partial charge is 0.462 e. The molecule has 2 fully saturated rings. The van der Waals surface area contributed by atoms with E-state index in [0.29, 0.717) is 12.5 Å². The molecule has 20 heavy (non-hydrogen) atoms. The number of piperidine rings is 1. The molecule has 1 N–H and O–H groups in total. The SMILES string of the molecule is CN1C2CC(OC(=O)Cc3ccccc3)CC1C(O)C2. The fraction of sp³-hybridized carbons (Fsp3) is 0.562. The summed E-state index contributed by atoms with van der Waals surface area (Å²) < 4.78 is 5.60. The van der Waals surface area contributed by atoms with Crippen LogP contribution in [0.2, 0.25) is 0 Å². The summed E-state index contributed by atoms with van der Waals surface area (Å²) in [7, 11) is 2.05. The van der Waals surface area contributed by atoms with Gasteiger partial charge in [-0.3, -0.25) is 9.69 Å². The van der Waals surface area contributed by atoms with Crippen molar-refractivity contribution in [2.45, 2.75) is 50.0 Å². The highest BCUT2D eigenvalue weighted by atomic mass is 16.5. The highest BCUT2D eigenvalue weighted by Crippen LogP contribution is 2.35. The number of carbonyl (C=O) groups excluding carboxylic acids is 1. The predicted molar refractivity (Wildman–Crippen MR) is 75.2 cm³/mol. The lowest BCUT2D eigenvalue weighted by molar-refractivity contribution is -0.151. The highest BCUT2D eigenvalue weighted by Gasteiger charge is 2.45. The number of benzene rings is 1. The Balaban J connectivity index is 1.55. The van der Waals surface area contributed by atoms with Gasteiger partial charge >= 0.3 is 5.97 Å². The fourth-order valence-corrected chi connectivity index (χ4v) is 3.49. The average molecular weight is 275 g/mol. The molecule has 108 valence electrons. The van der Waals surface area contributed by atoms with Crippen molar-refractivity contribution >= 4 is 5.97 Å². The van der Waals surface area contributed by atoms with Gasteiger partial charge in [-0.1, -0.05) is 30.3 Å². The minimum Gasteiger partial charge on any atom is -0.462 e. The van der Waals surface area contributed by atoms with E-state index < -0.39 is 0 Å². The Bertz CT molecular complexity index is 476. The summed E-state index contributed by atoms with van der Waals surface area (Å²) in [6.07, 6.45) is 2.38. The third kappa shape index (κ3) is 2.72. The van der Waals surface area contributed by atoms with E-state index in [2.05, 4.69) is 4.90 Å². The number of aliphatic hydroxyl groups is 1. The molecule has 4 heteroatoms. The topological polar surface area (TPSA) is 49.8 Å². The Morgan fingerprint density at radius 2 is 2.05 bits per heavy atom. The average Bonchev–Trinajstić information content (AvgIpc) is 2.59. The molecular formula is C16H21NO3. The van der Waals surface area contributed by atoms with Crippen LogP contribution in [-0.4, -0.2) is 47.3 Å². The Hall–Kier alpha value is -1.39. The van der Waals surface area contributed by atoms with E-state index in [4.69, 9.17) is 4.74 Å². The molecular weight excluding hydrogens is 254 g/mol. The Labute approximate surface area is 119 Å². The first-order chi connectivity index (χ1) is 9.63. The van der Waals surface area contributed by atoms with Gasteiger partial charge in [0.25, 0.3) is 0 Å². The van der Waals surface area contributed by atoms with Gasteiger partial charge in [-0.2, -0.15) is 0 Å². The van der Waals surface area contributed by atoms with Crippen molar-refractivity contribution < 1.29 is 14.6 Å². The first-order valence-corrected chi connectivity index (χ1v) is 7.27. The number of fused-ring (bicyclic) bond motifs is 2. The van der Waals surface area contributed by atoms with E-state index in [1.807, 2.05) is 37.4 Å². The number of hydrogen-bond donors (Lipinski definition) is 1. The van der Waals surface area contributed by atoms with Crippen LogP contribution in [0.3, 0.4) is 0 Å². The zero-order chi connectivity index (χ0) is 14.1. The van der Waals surface area contributed by atoms with E-state index in [1.54, 1.807) is 0 Å². The van der Waals surface area contributed by atoms with Crippen LogP contribution < -0.4 is 0 Å². The molecule has 0 spiro atoms. The van der Waals surface area contributed by atoms with Crippen molar-refractivity contribution in [2.75, 3.05) is 7.05 Å². The number of carbonyl (C=O) groups is 1. The number of aliphatic hydroxyl groups excluding tert-OH is 1. The van der Waals surface area contributed by atoms with Gasteiger partial charge in [0.1, 0.15) is 6.10 Å². The van der Waals surface area contributed by atoms with Crippen LogP contribution in [0.5, 0.6) is 0 Å². The normalized spacial score (nSPS) is 33.1. The summed E-state index contributed by atoms with van der Waals surface area (Å²) in [5, 5.41) is 9.97. The zero-order valence-electron chi connectivity index (χ0n) is 11.7. The van der Waals surface area contributed by atoms with E-state index in [-0.39, 0.29) is 24.2 Å². The van der Waals surface area contributed by atoms with E-state index in [0.717, 1.165) is 24.8 Å². The van der Waals surface area contributed by atoms with Gasteiger partial charge in [0.15, 0.2) is 0 Å². The molecule has 4 unspecified atom stereocenters. The molecule has 0 aromatic heterocycles. The van der Waals surface area contributed by atoms with E-state index in [1.165, 1.54) is 0 Å². The molecule has 3 rings (SSSR count). The van der Waals surface area contributed by atoms with Crippen LogP contribution in [0.1, 0.15) is 24.8 Å². The molecule has 4 nitrogen and oxygen atoms in total. The Kier molecular flexibility index (Phi) is 3.76. The predicted octanol–water partition coefficient (Wildman–Crippen LogP) is 1.37. The molecule has 0 aliphatic carbocycles. The summed E-state index contributed by atoms with van der Waals surface area (Å²) in [6.45, 7) is 0. The monoisotopic (exact) mass is 275 g/mol. The summed E-state index contributed by atoms with van der Waals surface area (Å²) in [4.78, 5) is 14.2. The van der Waals surface area contributed by atoms with Crippen LogP contribution in [-0.2, 0) is 16.0 Å². The molecule has 0 amide bonds. The van der Waals surface area contributed by atoms with Gasteiger partial charge < -0.3 is 9.84 Å². The third-order valence-corrected chi connectivity index (χ3v) is 4.59. The first-order valence-electron chi connectivity index (χ1n) is 7.27. The third-order valence-electron chi connectivity index (χ3n) is 4.59. The second kappa shape index (κ2) is 5.54. The Morgan fingerprint density at radius 1 is 1.30 bits per heavy atom. The molecule has 4 atom stereocenters. The van der Waals surface area contributed by atoms with Crippen LogP contribution in [0.25, 0.3) is 0 Å². The minimum atomic E-state index is -0.275. The smallest absolute Gasteiger partial charge is 0.310 e. The lowest BCUT2D eigenvalue weighted by Gasteiger charge is -2.36. The lowest BCUT2D eigenvalue weighted by atomic mass is 10.00. The highest BCUT2D eigenvalue weighted by molar-refractivity contribution is 5.72. The molecule has 2 saturated heterocycles. The number of likely N-dealkylation sites (N-methyl/N-ethyl adjacent to an activating group) is 1. The maximum absolute atomic E-state index is 12.0. The van der Waals surface area contributed by atoms with Crippen molar-refractivity contribution in [2.24, 2.45) is 0 Å². The second-order valence-corrected chi connectivity index (χ2v) is 5.94. The van der Waals surface area contributed by atoms with Crippen LogP contribution in [0, 0.1) is 0 Å². The quantitative estimate of drug-likeness (QED) is 0.847. The van der Waals surface area contributed by atoms with E-state index in [9.17, 15) is 9.90 Å². The molecule has 0 saturated carbocycles. The zero-order valence-corrected chi connectivity index (χ0v) is 11.7. The lowest BCUT2D eigenvalue weighted by Crippen LogP contribution is -2.45. The second-order valence-electron chi connectivity index (χ2n) is 5.94. The molecule has 2 bridgehead atoms. The van der Waals surface area contributed by atoms with Gasteiger partial charge in [0.05, 0.1) is 12.5 Å². The van der Waals surface area contributed by atoms with Crippen LogP contribution in [0.4, 0.5) is 0 Å². The molecule has 0 radical (unpaired) electrons. The molecule has 1 aromatic rings. The fourth-order valence-electron chi connectivity index (χ4n) is 3.49. The first kappa shape index (κ1) is 13.6. The van der Waals surface area contributed by atoms with Gasteiger partial charge in [-0.05, 0) is 19.0 Å². The van der Waals surface area contributed by atoms with Crippen LogP contribution >= 0.6 is 0 Å². The van der Waals surface area contributed by atoms with Crippen LogP contribution in [0.15, 0.2) is 30.3 Å². The van der Waals surface area contributed by atoms with Gasteiger partial charge in [0, 0.05) is 24.9 Å². The number of nitrogens with zero attached hydrogens (tertiary/aromatic N) is 1. The van der Waals surface area contributed by atoms with Crippen molar-refractivity contribution in [1.82, 2.24) is 4.90 Å². The summed E-state index contributed by atoms with van der Waals surface area (Å²) in [6, 6.07) is 10.1. The van der Waals surface area contributed by atoms with Crippen molar-refractivity contribution in [3.8, 4) is 0 Å². The maximum Gasteiger partial charge on any atom is 0.310 e. The molecule has 2 aliphatic heterocycles. The molecule has 2 aliphatic rings. The number of esters is 1. The standard InChI is InChI=1S/C16H21NO3/c1-17-12-8-13(10-14(17)15(18)9-12)20-16(19)7-11-5-3-2-4-6-11/h2-6,12-15,18H,7-10H2,1H3. The van der Waals surface area contributed by atoms with Crippen molar-refractivity contribution in [3.63, 3.8) is 0 Å². The minimum absolute atomic E-state index is 0.0467. The van der Waals surface area contributed by atoms with E-state index >= 15 is 0 Å². The number of hydrogen-bond acceptors (Lipinski definition) is 4. The van der Waals surface area contributed by atoms with Crippen molar-refractivity contribution in [3.05, 3.63) is 35.9 Å². The van der Waals surface area contributed by atoms with Gasteiger partial charge in [0.2, 0.25) is 0 Å².